The maximum Gasteiger partial charge on any atom is 0.298 e. The summed E-state index contributed by atoms with van der Waals surface area (Å²) < 4.78 is 5.80. The molecule has 4 nitrogen and oxygen atoms in total. The van der Waals surface area contributed by atoms with Crippen molar-refractivity contribution in [3.63, 3.8) is 0 Å². The predicted octanol–water partition coefficient (Wildman–Crippen LogP) is 6.15. The summed E-state index contributed by atoms with van der Waals surface area (Å²) in [6.45, 7) is 1.91. The third-order valence-corrected chi connectivity index (χ3v) is 5.29. The molecule has 27 heavy (non-hydrogen) atoms. The van der Waals surface area contributed by atoms with Gasteiger partial charge in [-0.2, -0.15) is 0 Å². The molecule has 6 heteroatoms. The molecule has 1 aromatic heterocycles. The van der Waals surface area contributed by atoms with E-state index in [0.29, 0.717) is 27.1 Å². The van der Waals surface area contributed by atoms with Crippen LogP contribution in [0.5, 0.6) is 0 Å². The van der Waals surface area contributed by atoms with Gasteiger partial charge in [-0.15, -0.1) is 0 Å². The van der Waals surface area contributed by atoms with Gasteiger partial charge in [0.25, 0.3) is 11.1 Å². The van der Waals surface area contributed by atoms with Gasteiger partial charge in [0.15, 0.2) is 0 Å². The SMILES string of the molecule is Cc1cccc(N2C(=O)S/C(=C/c3ccc(-c4ccccc4Cl)o3)C2=O)c1. The second kappa shape index (κ2) is 7.10. The Morgan fingerprint density at radius 1 is 1.04 bits per heavy atom. The van der Waals surface area contributed by atoms with Crippen molar-refractivity contribution in [3.05, 3.63) is 81.9 Å². The zero-order valence-corrected chi connectivity index (χ0v) is 15.9. The lowest BCUT2D eigenvalue weighted by Crippen LogP contribution is -2.27. The Labute approximate surface area is 165 Å². The molecular weight excluding hydrogens is 382 g/mol. The first-order chi connectivity index (χ1) is 13.0. The maximum atomic E-state index is 12.7. The number of amides is 2. The van der Waals surface area contributed by atoms with Crippen molar-refractivity contribution >= 4 is 46.3 Å². The average molecular weight is 396 g/mol. The fraction of sp³-hybridized carbons (Fsp3) is 0.0476. The van der Waals surface area contributed by atoms with Crippen molar-refractivity contribution in [2.75, 3.05) is 4.90 Å². The molecule has 0 N–H and O–H groups in total. The van der Waals surface area contributed by atoms with E-state index in [1.165, 1.54) is 4.90 Å². The summed E-state index contributed by atoms with van der Waals surface area (Å²) in [5.74, 6) is 0.732. The summed E-state index contributed by atoms with van der Waals surface area (Å²) >= 11 is 7.09. The molecular formula is C21H14ClNO3S. The van der Waals surface area contributed by atoms with E-state index in [4.69, 9.17) is 16.0 Å². The number of halogens is 1. The number of benzene rings is 2. The normalized spacial score (nSPS) is 15.8. The Morgan fingerprint density at radius 2 is 1.85 bits per heavy atom. The minimum atomic E-state index is -0.355. The number of carbonyl (C=O) groups is 2. The fourth-order valence-corrected chi connectivity index (χ4v) is 3.87. The summed E-state index contributed by atoms with van der Waals surface area (Å²) in [6, 6.07) is 18.2. The number of imide groups is 1. The number of rotatable bonds is 3. The molecule has 1 saturated heterocycles. The first-order valence-corrected chi connectivity index (χ1v) is 9.42. The molecule has 3 aromatic rings. The molecule has 0 aliphatic carbocycles. The molecule has 0 unspecified atom stereocenters. The first-order valence-electron chi connectivity index (χ1n) is 8.22. The van der Waals surface area contributed by atoms with E-state index in [1.54, 1.807) is 30.3 Å². The van der Waals surface area contributed by atoms with E-state index in [1.807, 2.05) is 43.3 Å². The number of nitrogens with zero attached hydrogens (tertiary/aromatic N) is 1. The van der Waals surface area contributed by atoms with Gasteiger partial charge in [0.1, 0.15) is 11.5 Å². The number of carbonyl (C=O) groups excluding carboxylic acids is 2. The second-order valence-electron chi connectivity index (χ2n) is 6.04. The molecule has 2 heterocycles. The van der Waals surface area contributed by atoms with Crippen molar-refractivity contribution in [2.24, 2.45) is 0 Å². The van der Waals surface area contributed by atoms with Crippen molar-refractivity contribution in [1.82, 2.24) is 0 Å². The predicted molar refractivity (Wildman–Crippen MR) is 109 cm³/mol. The van der Waals surface area contributed by atoms with Crippen LogP contribution in [-0.2, 0) is 4.79 Å². The topological polar surface area (TPSA) is 50.5 Å². The molecule has 2 aromatic carbocycles. The van der Waals surface area contributed by atoms with Crippen LogP contribution in [-0.4, -0.2) is 11.1 Å². The Bertz CT molecular complexity index is 1090. The van der Waals surface area contributed by atoms with Gasteiger partial charge in [-0.25, -0.2) is 4.90 Å². The quantitative estimate of drug-likeness (QED) is 0.499. The molecule has 134 valence electrons. The molecule has 0 bridgehead atoms. The highest BCUT2D eigenvalue weighted by atomic mass is 35.5. The Morgan fingerprint density at radius 3 is 2.63 bits per heavy atom. The molecule has 1 fully saturated rings. The minimum absolute atomic E-state index is 0.321. The molecule has 0 spiro atoms. The third kappa shape index (κ3) is 3.44. The standard InChI is InChI=1S/C21H14ClNO3S/c1-13-5-4-6-14(11-13)23-20(24)19(27-21(23)25)12-15-9-10-18(26-15)16-7-2-3-8-17(16)22/h2-12H,1H3/b19-12+. The maximum absolute atomic E-state index is 12.7. The summed E-state index contributed by atoms with van der Waals surface area (Å²) in [5, 5.41) is 0.257. The number of furan rings is 1. The average Bonchev–Trinajstić information content (AvgIpc) is 3.20. The lowest BCUT2D eigenvalue weighted by Gasteiger charge is -2.12. The van der Waals surface area contributed by atoms with Crippen LogP contribution in [0, 0.1) is 6.92 Å². The first kappa shape index (κ1) is 17.6. The number of hydrogen-bond donors (Lipinski definition) is 0. The van der Waals surface area contributed by atoms with Crippen molar-refractivity contribution < 1.29 is 14.0 Å². The monoisotopic (exact) mass is 395 g/mol. The molecule has 2 amide bonds. The van der Waals surface area contributed by atoms with Crippen molar-refractivity contribution in [2.45, 2.75) is 6.92 Å². The highest BCUT2D eigenvalue weighted by molar-refractivity contribution is 8.19. The Kier molecular flexibility index (Phi) is 4.64. The lowest BCUT2D eigenvalue weighted by molar-refractivity contribution is -0.113. The molecule has 0 saturated carbocycles. The van der Waals surface area contributed by atoms with Crippen LogP contribution < -0.4 is 4.90 Å². The summed E-state index contributed by atoms with van der Waals surface area (Å²) in [5.41, 5.74) is 2.31. The smallest absolute Gasteiger partial charge is 0.298 e. The minimum Gasteiger partial charge on any atom is -0.457 e. The molecule has 1 aliphatic heterocycles. The summed E-state index contributed by atoms with van der Waals surface area (Å²) in [7, 11) is 0. The Balaban J connectivity index is 1.63. The van der Waals surface area contributed by atoms with E-state index in [2.05, 4.69) is 0 Å². The van der Waals surface area contributed by atoms with Crippen LogP contribution in [0.1, 0.15) is 11.3 Å². The molecule has 4 rings (SSSR count). The number of anilines is 1. The van der Waals surface area contributed by atoms with Crippen molar-refractivity contribution in [3.8, 4) is 11.3 Å². The van der Waals surface area contributed by atoms with Gasteiger partial charge in [-0.1, -0.05) is 35.9 Å². The van der Waals surface area contributed by atoms with Gasteiger partial charge in [-0.05, 0) is 60.6 Å². The molecule has 0 radical (unpaired) electrons. The highest BCUT2D eigenvalue weighted by Crippen LogP contribution is 2.37. The zero-order valence-electron chi connectivity index (χ0n) is 14.3. The van der Waals surface area contributed by atoms with Gasteiger partial charge >= 0.3 is 0 Å². The van der Waals surface area contributed by atoms with Gasteiger partial charge in [0.2, 0.25) is 0 Å². The highest BCUT2D eigenvalue weighted by Gasteiger charge is 2.36. The third-order valence-electron chi connectivity index (χ3n) is 4.09. The van der Waals surface area contributed by atoms with Gasteiger partial charge in [-0.3, -0.25) is 9.59 Å². The largest absolute Gasteiger partial charge is 0.457 e. The summed E-state index contributed by atoms with van der Waals surface area (Å²) in [4.78, 5) is 26.6. The van der Waals surface area contributed by atoms with E-state index >= 15 is 0 Å². The van der Waals surface area contributed by atoms with Crippen LogP contribution in [0.3, 0.4) is 0 Å². The van der Waals surface area contributed by atoms with E-state index < -0.39 is 0 Å². The molecule has 0 atom stereocenters. The lowest BCUT2D eigenvalue weighted by atomic mass is 10.2. The van der Waals surface area contributed by atoms with Crippen LogP contribution in [0.15, 0.2) is 70.0 Å². The van der Waals surface area contributed by atoms with Crippen LogP contribution in [0.25, 0.3) is 17.4 Å². The number of hydrogen-bond acceptors (Lipinski definition) is 4. The fourth-order valence-electron chi connectivity index (χ4n) is 2.82. The summed E-state index contributed by atoms with van der Waals surface area (Å²) in [6.07, 6.45) is 1.58. The van der Waals surface area contributed by atoms with Crippen molar-refractivity contribution in [1.29, 1.82) is 0 Å². The second-order valence-corrected chi connectivity index (χ2v) is 7.44. The van der Waals surface area contributed by atoms with E-state index in [0.717, 1.165) is 22.9 Å². The van der Waals surface area contributed by atoms with Gasteiger partial charge in [0.05, 0.1) is 15.6 Å². The van der Waals surface area contributed by atoms with Gasteiger partial charge in [0, 0.05) is 11.6 Å². The number of thioether (sulfide) groups is 1. The van der Waals surface area contributed by atoms with Crippen LogP contribution in [0.2, 0.25) is 5.02 Å². The Hall–Kier alpha value is -2.76. The van der Waals surface area contributed by atoms with E-state index in [-0.39, 0.29) is 11.1 Å². The van der Waals surface area contributed by atoms with Crippen LogP contribution >= 0.6 is 23.4 Å². The zero-order chi connectivity index (χ0) is 19.0. The molecule has 1 aliphatic rings. The van der Waals surface area contributed by atoms with Gasteiger partial charge < -0.3 is 4.42 Å². The van der Waals surface area contributed by atoms with E-state index in [9.17, 15) is 9.59 Å². The van der Waals surface area contributed by atoms with Crippen LogP contribution in [0.4, 0.5) is 10.5 Å². The number of aryl methyl sites for hydroxylation is 1.